The lowest BCUT2D eigenvalue weighted by atomic mass is 10.1. The lowest BCUT2D eigenvalue weighted by Crippen LogP contribution is -2.47. The van der Waals surface area contributed by atoms with E-state index in [-0.39, 0.29) is 28.8 Å². The summed E-state index contributed by atoms with van der Waals surface area (Å²) in [6.07, 6.45) is -2.16. The Balaban J connectivity index is 1.80. The monoisotopic (exact) mass is 489 g/mol. The van der Waals surface area contributed by atoms with Crippen molar-refractivity contribution in [3.63, 3.8) is 0 Å². The Labute approximate surface area is 189 Å². The molecule has 1 fully saturated rings. The fourth-order valence-electron chi connectivity index (χ4n) is 3.17. The number of hydrogen-bond donors (Lipinski definition) is 3. The first kappa shape index (κ1) is 24.3. The van der Waals surface area contributed by atoms with Crippen LogP contribution in [0.25, 0.3) is 0 Å². The quantitative estimate of drug-likeness (QED) is 0.308. The Morgan fingerprint density at radius 2 is 2.03 bits per heavy atom. The second kappa shape index (κ2) is 9.65. The number of rotatable bonds is 7. The van der Waals surface area contributed by atoms with Gasteiger partial charge in [-0.25, -0.2) is 18.7 Å². The van der Waals surface area contributed by atoms with Gasteiger partial charge >= 0.3 is 6.18 Å². The molecular formula is C19H17ClF5N7O. The Morgan fingerprint density at radius 1 is 1.33 bits per heavy atom. The van der Waals surface area contributed by atoms with Crippen LogP contribution < -0.4 is 10.7 Å². The molecule has 1 aliphatic rings. The van der Waals surface area contributed by atoms with Crippen molar-refractivity contribution in [3.05, 3.63) is 46.7 Å². The van der Waals surface area contributed by atoms with E-state index in [1.165, 1.54) is 18.2 Å². The fraction of sp³-hybridized carbons (Fsp3) is 0.316. The third kappa shape index (κ3) is 5.72. The highest BCUT2D eigenvalue weighted by atomic mass is 35.5. The van der Waals surface area contributed by atoms with Gasteiger partial charge in [-0.15, -0.1) is 0 Å². The number of halogens is 6. The summed E-state index contributed by atoms with van der Waals surface area (Å²) >= 11 is 5.98. The van der Waals surface area contributed by atoms with Crippen molar-refractivity contribution in [2.24, 2.45) is 5.10 Å². The van der Waals surface area contributed by atoms with Crippen LogP contribution in [0.1, 0.15) is 22.3 Å². The van der Waals surface area contributed by atoms with Crippen LogP contribution in [-0.4, -0.2) is 58.3 Å². The number of hydrogen-bond acceptors (Lipinski definition) is 7. The van der Waals surface area contributed by atoms with Crippen LogP contribution in [0.4, 0.5) is 33.6 Å². The number of carbonyl (C=O) groups excluding carboxylic acids is 1. The van der Waals surface area contributed by atoms with Crippen molar-refractivity contribution in [2.75, 3.05) is 23.8 Å². The van der Waals surface area contributed by atoms with E-state index >= 15 is 0 Å². The largest absolute Gasteiger partial charge is 0.419 e. The molecule has 1 unspecified atom stereocenters. The number of alkyl halides is 5. The average Bonchev–Trinajstić information content (AvgIpc) is 3.06. The molecule has 3 rings (SSSR count). The maximum absolute atomic E-state index is 14.6. The van der Waals surface area contributed by atoms with Crippen LogP contribution >= 0.6 is 11.6 Å². The number of benzene rings is 1. The normalized spacial score (nSPS) is 17.9. The molecule has 2 aromatic rings. The highest BCUT2D eigenvalue weighted by Gasteiger charge is 2.51. The van der Waals surface area contributed by atoms with E-state index in [0.717, 1.165) is 17.3 Å². The summed E-state index contributed by atoms with van der Waals surface area (Å²) in [4.78, 5) is 21.1. The molecule has 2 heterocycles. The van der Waals surface area contributed by atoms with Crippen LogP contribution in [0.2, 0.25) is 5.02 Å². The summed E-state index contributed by atoms with van der Waals surface area (Å²) in [6, 6.07) is 2.59. The number of carbonyl (C=O) groups is 1. The lowest BCUT2D eigenvalue weighted by molar-refractivity contribution is -0.138. The van der Waals surface area contributed by atoms with Gasteiger partial charge in [-0.1, -0.05) is 11.6 Å². The predicted molar refractivity (Wildman–Crippen MR) is 112 cm³/mol. The molecular weight excluding hydrogens is 473 g/mol. The molecule has 1 aromatic carbocycles. The zero-order chi connectivity index (χ0) is 24.2. The predicted octanol–water partition coefficient (Wildman–Crippen LogP) is 4.16. The Morgan fingerprint density at radius 3 is 2.67 bits per heavy atom. The van der Waals surface area contributed by atoms with Gasteiger partial charge in [0.1, 0.15) is 6.04 Å². The van der Waals surface area contributed by atoms with Crippen molar-refractivity contribution in [1.82, 2.24) is 14.9 Å². The number of anilines is 2. The van der Waals surface area contributed by atoms with Crippen LogP contribution in [0.15, 0.2) is 35.7 Å². The molecule has 1 amide bonds. The van der Waals surface area contributed by atoms with Gasteiger partial charge in [0.2, 0.25) is 5.95 Å². The van der Waals surface area contributed by atoms with Gasteiger partial charge in [0, 0.05) is 43.1 Å². The molecule has 3 N–H and O–H groups in total. The summed E-state index contributed by atoms with van der Waals surface area (Å²) in [5, 5.41) is 13.3. The van der Waals surface area contributed by atoms with Crippen molar-refractivity contribution in [2.45, 2.75) is 24.6 Å². The first-order valence-electron chi connectivity index (χ1n) is 9.42. The topological polar surface area (TPSA) is 106 Å². The molecule has 0 saturated carbocycles. The van der Waals surface area contributed by atoms with Gasteiger partial charge in [0.25, 0.3) is 11.8 Å². The molecule has 1 aliphatic heterocycles. The number of aromatic nitrogens is 2. The highest BCUT2D eigenvalue weighted by Crippen LogP contribution is 2.36. The minimum absolute atomic E-state index is 0.0156. The van der Waals surface area contributed by atoms with Gasteiger partial charge < -0.3 is 15.6 Å². The Hall–Kier alpha value is -3.35. The number of amides is 1. The van der Waals surface area contributed by atoms with E-state index in [1.807, 2.05) is 0 Å². The van der Waals surface area contributed by atoms with E-state index in [1.54, 1.807) is 0 Å². The van der Waals surface area contributed by atoms with Crippen LogP contribution in [0.5, 0.6) is 0 Å². The van der Waals surface area contributed by atoms with E-state index in [2.05, 4.69) is 25.8 Å². The molecule has 0 spiro atoms. The maximum atomic E-state index is 14.6. The molecule has 8 nitrogen and oxygen atoms in total. The summed E-state index contributed by atoms with van der Waals surface area (Å²) in [7, 11) is 0. The third-order valence-electron chi connectivity index (χ3n) is 4.79. The SMILES string of the molecule is N=C/C=N\Nc1ccc(Cl)cc1C(=O)N1CCC(F)(F)C1CNc1ncc(C(F)(F)F)cn1. The van der Waals surface area contributed by atoms with E-state index in [4.69, 9.17) is 17.0 Å². The standard InChI is InChI=1S/C19H17ClF5N7O/c20-12-1-2-14(31-30-5-4-26)13(7-12)16(33)32-6-3-18(21,22)15(32)10-29-17-27-8-11(9-28-17)19(23,24)25/h1-2,4-5,7-9,15,26,31H,3,6,10H2,(H,27,28,29)/b26-4?,30-5-. The molecule has 1 saturated heterocycles. The summed E-state index contributed by atoms with van der Waals surface area (Å²) in [5.41, 5.74) is 1.65. The van der Waals surface area contributed by atoms with E-state index in [0.29, 0.717) is 12.4 Å². The van der Waals surface area contributed by atoms with Gasteiger partial charge in [-0.05, 0) is 18.2 Å². The third-order valence-corrected chi connectivity index (χ3v) is 5.02. The second-order valence-electron chi connectivity index (χ2n) is 6.95. The van der Waals surface area contributed by atoms with Crippen molar-refractivity contribution in [3.8, 4) is 0 Å². The number of hydrazone groups is 1. The molecule has 33 heavy (non-hydrogen) atoms. The zero-order valence-corrected chi connectivity index (χ0v) is 17.5. The number of nitrogens with zero attached hydrogens (tertiary/aromatic N) is 4. The Bertz CT molecular complexity index is 1050. The molecule has 1 atom stereocenters. The van der Waals surface area contributed by atoms with Crippen LogP contribution in [0.3, 0.4) is 0 Å². The molecule has 1 aromatic heterocycles. The molecule has 14 heteroatoms. The van der Waals surface area contributed by atoms with E-state index < -0.39 is 42.6 Å². The fourth-order valence-corrected chi connectivity index (χ4v) is 3.34. The molecule has 0 aliphatic carbocycles. The second-order valence-corrected chi connectivity index (χ2v) is 7.38. The molecule has 0 radical (unpaired) electrons. The minimum Gasteiger partial charge on any atom is -0.352 e. The van der Waals surface area contributed by atoms with Crippen molar-refractivity contribution >= 4 is 41.6 Å². The maximum Gasteiger partial charge on any atom is 0.419 e. The van der Waals surface area contributed by atoms with E-state index in [9.17, 15) is 26.7 Å². The smallest absolute Gasteiger partial charge is 0.352 e. The highest BCUT2D eigenvalue weighted by molar-refractivity contribution is 6.31. The molecule has 176 valence electrons. The summed E-state index contributed by atoms with van der Waals surface area (Å²) < 4.78 is 67.1. The zero-order valence-electron chi connectivity index (χ0n) is 16.7. The van der Waals surface area contributed by atoms with Gasteiger partial charge in [0.05, 0.1) is 23.0 Å². The lowest BCUT2D eigenvalue weighted by Gasteiger charge is -2.28. The van der Waals surface area contributed by atoms with Gasteiger partial charge in [0.15, 0.2) is 0 Å². The van der Waals surface area contributed by atoms with Crippen LogP contribution in [0, 0.1) is 5.41 Å². The Kier molecular flexibility index (Phi) is 7.10. The summed E-state index contributed by atoms with van der Waals surface area (Å²) in [5.74, 6) is -4.30. The first-order valence-corrected chi connectivity index (χ1v) is 9.80. The minimum atomic E-state index is -4.63. The summed E-state index contributed by atoms with van der Waals surface area (Å²) in [6.45, 7) is -0.763. The van der Waals surface area contributed by atoms with Gasteiger partial charge in [-0.3, -0.25) is 10.2 Å². The van der Waals surface area contributed by atoms with Gasteiger partial charge in [-0.2, -0.15) is 18.3 Å². The average molecular weight is 490 g/mol. The van der Waals surface area contributed by atoms with Crippen molar-refractivity contribution < 1.29 is 26.7 Å². The first-order chi connectivity index (χ1) is 15.5. The molecule has 0 bridgehead atoms. The van der Waals surface area contributed by atoms with Crippen molar-refractivity contribution in [1.29, 1.82) is 5.41 Å². The van der Waals surface area contributed by atoms with Crippen LogP contribution in [-0.2, 0) is 6.18 Å². The number of nitrogens with one attached hydrogen (secondary N) is 3. The number of likely N-dealkylation sites (tertiary alicyclic amines) is 1.